The largest absolute Gasteiger partial charge is 0.481 e. The highest BCUT2D eigenvalue weighted by molar-refractivity contribution is 8.00. The zero-order valence-corrected chi connectivity index (χ0v) is 10.7. The molecule has 2 nitrogen and oxygen atoms in total. The van der Waals surface area contributed by atoms with Gasteiger partial charge in [-0.2, -0.15) is 0 Å². The van der Waals surface area contributed by atoms with Crippen LogP contribution in [0.2, 0.25) is 0 Å². The third-order valence-corrected chi connectivity index (χ3v) is 4.76. The van der Waals surface area contributed by atoms with E-state index in [1.54, 1.807) is 11.8 Å². The molecule has 2 rings (SSSR count). The molecule has 0 aliphatic heterocycles. The first-order chi connectivity index (χ1) is 8.27. The highest BCUT2D eigenvalue weighted by atomic mass is 32.2. The van der Waals surface area contributed by atoms with Gasteiger partial charge in [0.15, 0.2) is 0 Å². The molecule has 1 fully saturated rings. The summed E-state index contributed by atoms with van der Waals surface area (Å²) in [6.45, 7) is 0. The number of hydrogen-bond acceptors (Lipinski definition) is 2. The Morgan fingerprint density at radius 3 is 2.65 bits per heavy atom. The van der Waals surface area contributed by atoms with Crippen LogP contribution in [0.3, 0.4) is 0 Å². The molecule has 2 unspecified atom stereocenters. The van der Waals surface area contributed by atoms with E-state index in [-0.39, 0.29) is 5.75 Å². The average molecular weight is 250 g/mol. The van der Waals surface area contributed by atoms with Crippen molar-refractivity contribution in [3.63, 3.8) is 0 Å². The van der Waals surface area contributed by atoms with Crippen LogP contribution in [-0.2, 0) is 4.79 Å². The molecule has 1 saturated carbocycles. The van der Waals surface area contributed by atoms with Gasteiger partial charge in [0.25, 0.3) is 0 Å². The molecule has 1 aliphatic rings. The lowest BCUT2D eigenvalue weighted by Crippen LogP contribution is -2.21. The molecule has 1 aromatic carbocycles. The van der Waals surface area contributed by atoms with E-state index in [2.05, 4.69) is 24.3 Å². The minimum atomic E-state index is -0.701. The van der Waals surface area contributed by atoms with E-state index in [0.717, 1.165) is 6.42 Å². The summed E-state index contributed by atoms with van der Waals surface area (Å²) in [5.41, 5.74) is 1.37. The minimum Gasteiger partial charge on any atom is -0.481 e. The van der Waals surface area contributed by atoms with Crippen LogP contribution in [-0.4, -0.2) is 22.1 Å². The Morgan fingerprint density at radius 1 is 1.24 bits per heavy atom. The Hall–Kier alpha value is -0.960. The van der Waals surface area contributed by atoms with Gasteiger partial charge in [0.05, 0.1) is 5.75 Å². The van der Waals surface area contributed by atoms with Crippen molar-refractivity contribution in [2.24, 2.45) is 0 Å². The molecule has 1 aliphatic carbocycles. The van der Waals surface area contributed by atoms with E-state index in [1.165, 1.54) is 24.8 Å². The van der Waals surface area contributed by atoms with Gasteiger partial charge < -0.3 is 5.11 Å². The molecule has 0 radical (unpaired) electrons. The number of hydrogen-bond donors (Lipinski definition) is 1. The maximum absolute atomic E-state index is 10.7. The molecule has 2 atom stereocenters. The molecular formula is C14H18O2S. The maximum atomic E-state index is 10.7. The van der Waals surface area contributed by atoms with Gasteiger partial charge in [-0.3, -0.25) is 4.79 Å². The molecule has 92 valence electrons. The third kappa shape index (κ3) is 3.50. The van der Waals surface area contributed by atoms with Gasteiger partial charge in [-0.1, -0.05) is 43.2 Å². The molecule has 0 bridgehead atoms. The summed E-state index contributed by atoms with van der Waals surface area (Å²) in [5.74, 6) is 0.0651. The number of rotatable bonds is 4. The van der Waals surface area contributed by atoms with E-state index < -0.39 is 5.97 Å². The summed E-state index contributed by atoms with van der Waals surface area (Å²) in [7, 11) is 0. The molecule has 1 aromatic rings. The second-order valence-corrected chi connectivity index (χ2v) is 5.77. The lowest BCUT2D eigenvalue weighted by molar-refractivity contribution is -0.133. The SMILES string of the molecule is O=C(O)CSC1CCCCC1c1ccccc1. The number of carboxylic acid groups (broad SMARTS) is 1. The van der Waals surface area contributed by atoms with Crippen molar-refractivity contribution >= 4 is 17.7 Å². The van der Waals surface area contributed by atoms with Crippen molar-refractivity contribution in [3.05, 3.63) is 35.9 Å². The predicted octanol–water partition coefficient (Wildman–Crippen LogP) is 3.53. The first-order valence-corrected chi connectivity index (χ1v) is 7.20. The minimum absolute atomic E-state index is 0.230. The van der Waals surface area contributed by atoms with Crippen LogP contribution in [0.4, 0.5) is 0 Å². The molecule has 0 saturated heterocycles. The smallest absolute Gasteiger partial charge is 0.313 e. The monoisotopic (exact) mass is 250 g/mol. The Kier molecular flexibility index (Phi) is 4.49. The summed E-state index contributed by atoms with van der Waals surface area (Å²) in [6.07, 6.45) is 4.85. The highest BCUT2D eigenvalue weighted by Crippen LogP contribution is 2.39. The predicted molar refractivity (Wildman–Crippen MR) is 71.5 cm³/mol. The summed E-state index contributed by atoms with van der Waals surface area (Å²) < 4.78 is 0. The fourth-order valence-electron chi connectivity index (χ4n) is 2.56. The van der Waals surface area contributed by atoms with Gasteiger partial charge >= 0.3 is 5.97 Å². The fraction of sp³-hybridized carbons (Fsp3) is 0.500. The number of benzene rings is 1. The van der Waals surface area contributed by atoms with Gasteiger partial charge in [0.2, 0.25) is 0 Å². The zero-order valence-electron chi connectivity index (χ0n) is 9.84. The van der Waals surface area contributed by atoms with E-state index in [1.807, 2.05) is 6.07 Å². The van der Waals surface area contributed by atoms with Crippen molar-refractivity contribution in [3.8, 4) is 0 Å². The van der Waals surface area contributed by atoms with Gasteiger partial charge in [-0.05, 0) is 24.3 Å². The summed E-state index contributed by atoms with van der Waals surface area (Å²) in [5, 5.41) is 9.25. The summed E-state index contributed by atoms with van der Waals surface area (Å²) in [6, 6.07) is 10.5. The number of thioether (sulfide) groups is 1. The van der Waals surface area contributed by atoms with E-state index in [9.17, 15) is 4.79 Å². The number of carboxylic acids is 1. The first-order valence-electron chi connectivity index (χ1n) is 6.15. The average Bonchev–Trinajstić information content (AvgIpc) is 2.38. The van der Waals surface area contributed by atoms with Gasteiger partial charge in [0, 0.05) is 5.25 Å². The van der Waals surface area contributed by atoms with E-state index >= 15 is 0 Å². The maximum Gasteiger partial charge on any atom is 0.313 e. The fourth-order valence-corrected chi connectivity index (χ4v) is 3.77. The molecule has 0 spiro atoms. The molecule has 0 amide bonds. The van der Waals surface area contributed by atoms with Crippen molar-refractivity contribution < 1.29 is 9.90 Å². The quantitative estimate of drug-likeness (QED) is 0.888. The Morgan fingerprint density at radius 2 is 1.94 bits per heavy atom. The molecular weight excluding hydrogens is 232 g/mol. The molecule has 1 N–H and O–H groups in total. The molecule has 3 heteroatoms. The normalized spacial score (nSPS) is 24.5. The second kappa shape index (κ2) is 6.10. The van der Waals surface area contributed by atoms with Crippen LogP contribution in [0.5, 0.6) is 0 Å². The molecule has 0 aromatic heterocycles. The zero-order chi connectivity index (χ0) is 12.1. The van der Waals surface area contributed by atoms with Crippen LogP contribution < -0.4 is 0 Å². The second-order valence-electron chi connectivity index (χ2n) is 4.54. The van der Waals surface area contributed by atoms with Crippen molar-refractivity contribution in [2.75, 3.05) is 5.75 Å². The van der Waals surface area contributed by atoms with E-state index in [0.29, 0.717) is 11.2 Å². The van der Waals surface area contributed by atoms with Crippen molar-refractivity contribution in [2.45, 2.75) is 36.9 Å². The van der Waals surface area contributed by atoms with Crippen molar-refractivity contribution in [1.29, 1.82) is 0 Å². The Balaban J connectivity index is 2.04. The van der Waals surface area contributed by atoms with Crippen molar-refractivity contribution in [1.82, 2.24) is 0 Å². The molecule has 17 heavy (non-hydrogen) atoms. The van der Waals surface area contributed by atoms with E-state index in [4.69, 9.17) is 5.11 Å². The lowest BCUT2D eigenvalue weighted by atomic mass is 9.83. The Bertz CT molecular complexity index is 364. The van der Waals surface area contributed by atoms with Gasteiger partial charge in [-0.15, -0.1) is 11.8 Å². The van der Waals surface area contributed by atoms with Crippen LogP contribution in [0.25, 0.3) is 0 Å². The summed E-state index contributed by atoms with van der Waals surface area (Å²) >= 11 is 1.61. The first kappa shape index (κ1) is 12.5. The lowest BCUT2D eigenvalue weighted by Gasteiger charge is -2.31. The highest BCUT2D eigenvalue weighted by Gasteiger charge is 2.27. The summed E-state index contributed by atoms with van der Waals surface area (Å²) in [4.78, 5) is 10.7. The van der Waals surface area contributed by atoms with Crippen LogP contribution in [0, 0.1) is 0 Å². The van der Waals surface area contributed by atoms with Crippen LogP contribution >= 0.6 is 11.8 Å². The van der Waals surface area contributed by atoms with Crippen LogP contribution in [0.1, 0.15) is 37.2 Å². The van der Waals surface area contributed by atoms with Crippen LogP contribution in [0.15, 0.2) is 30.3 Å². The van der Waals surface area contributed by atoms with Gasteiger partial charge in [0.1, 0.15) is 0 Å². The molecule has 0 heterocycles. The number of aliphatic carboxylic acids is 1. The van der Waals surface area contributed by atoms with Gasteiger partial charge in [-0.25, -0.2) is 0 Å². The number of carbonyl (C=O) groups is 1. The third-order valence-electron chi connectivity index (χ3n) is 3.35. The standard InChI is InChI=1S/C14H18O2S/c15-14(16)10-17-13-9-5-4-8-12(13)11-6-2-1-3-7-11/h1-3,6-7,12-13H,4-5,8-10H2,(H,15,16). The Labute approximate surface area is 106 Å². The topological polar surface area (TPSA) is 37.3 Å².